The third kappa shape index (κ3) is 8.54. The van der Waals surface area contributed by atoms with Crippen LogP contribution in [0.15, 0.2) is 102 Å². The molecule has 7 rings (SSSR count). The average Bonchev–Trinajstić information content (AvgIpc) is 3.27. The normalized spacial score (nSPS) is 31.1. The Hall–Kier alpha value is -5.29. The van der Waals surface area contributed by atoms with Crippen LogP contribution in [0.3, 0.4) is 0 Å². The fraction of sp³-hybridized carbons (Fsp3) is 0.500. The standard InChI is InChI=1S/C50H59NO14/c1-29-35(63-46(56)41(39(51-7)33-20-14-10-15-21-33)61-28-59-26-32-18-12-9-13-19-32)25-50(57)44(64-45(55)34-22-16-11-17-23-34)42-48(6,43(54)40(62-30(2)52)38(29)47(50,4)5)36(58-8)24-37-49(42,27-60-37)65-31(3)53/h9-23,35-37,39-42,44,51,57H,24-28H2,1-8H3/t35-,36-,37+,39-,40+,41+,42-,44-,48+,49-,50+/m0/s1. The van der Waals surface area contributed by atoms with Crippen molar-refractivity contribution in [2.24, 2.45) is 16.7 Å². The summed E-state index contributed by atoms with van der Waals surface area (Å²) < 4.78 is 49.5. The molecule has 65 heavy (non-hydrogen) atoms. The molecule has 15 heteroatoms. The quantitative estimate of drug-likeness (QED) is 0.0650. The minimum Gasteiger partial charge on any atom is -0.456 e. The zero-order chi connectivity index (χ0) is 46.9. The second-order valence-corrected chi connectivity index (χ2v) is 18.1. The highest BCUT2D eigenvalue weighted by Crippen LogP contribution is 2.65. The van der Waals surface area contributed by atoms with E-state index in [1.54, 1.807) is 65.1 Å². The monoisotopic (exact) mass is 897 g/mol. The van der Waals surface area contributed by atoms with E-state index in [0.717, 1.165) is 5.56 Å². The number of fused-ring (bicyclic) bond motifs is 5. The number of nitrogens with one attached hydrogen (secondary N) is 1. The van der Waals surface area contributed by atoms with Gasteiger partial charge in [0.05, 0.1) is 42.3 Å². The maximum absolute atomic E-state index is 15.8. The minimum atomic E-state index is -2.26. The molecule has 2 bridgehead atoms. The molecule has 0 radical (unpaired) electrons. The van der Waals surface area contributed by atoms with Gasteiger partial charge >= 0.3 is 23.9 Å². The molecule has 11 atom stereocenters. The summed E-state index contributed by atoms with van der Waals surface area (Å²) in [6.45, 7) is 8.64. The van der Waals surface area contributed by atoms with E-state index in [-0.39, 0.29) is 37.6 Å². The van der Waals surface area contributed by atoms with Gasteiger partial charge in [0.1, 0.15) is 30.7 Å². The number of methoxy groups -OCH3 is 1. The fourth-order valence-corrected chi connectivity index (χ4v) is 10.9. The number of aliphatic hydroxyl groups is 1. The molecule has 0 aromatic heterocycles. The fourth-order valence-electron chi connectivity index (χ4n) is 10.9. The van der Waals surface area contributed by atoms with Gasteiger partial charge in [0.25, 0.3) is 0 Å². The highest BCUT2D eigenvalue weighted by atomic mass is 16.7. The van der Waals surface area contributed by atoms with E-state index in [0.29, 0.717) is 11.1 Å². The lowest BCUT2D eigenvalue weighted by Crippen LogP contribution is -2.82. The summed E-state index contributed by atoms with van der Waals surface area (Å²) in [6.07, 6.45) is -8.17. The van der Waals surface area contributed by atoms with Crippen molar-refractivity contribution in [3.63, 3.8) is 0 Å². The number of carbonyl (C=O) groups is 5. The average molecular weight is 898 g/mol. The van der Waals surface area contributed by atoms with Gasteiger partial charge in [-0.05, 0) is 55.3 Å². The van der Waals surface area contributed by atoms with Crippen LogP contribution in [0.4, 0.5) is 0 Å². The molecule has 2 saturated carbocycles. The molecule has 3 aliphatic carbocycles. The first-order valence-corrected chi connectivity index (χ1v) is 21.9. The first kappa shape index (κ1) is 47.7. The van der Waals surface area contributed by atoms with E-state index in [4.69, 9.17) is 37.9 Å². The third-order valence-corrected chi connectivity index (χ3v) is 14.1. The van der Waals surface area contributed by atoms with Crippen LogP contribution in [-0.2, 0) is 63.7 Å². The number of ketones is 1. The van der Waals surface area contributed by atoms with Gasteiger partial charge in [-0.3, -0.25) is 14.4 Å². The summed E-state index contributed by atoms with van der Waals surface area (Å²) in [7, 11) is 3.09. The summed E-state index contributed by atoms with van der Waals surface area (Å²) in [5.41, 5.74) is -5.05. The van der Waals surface area contributed by atoms with E-state index in [2.05, 4.69) is 5.32 Å². The SMILES string of the molecule is CN[C@@H](c1ccccc1)[C@@H](OCOCc1ccccc1)C(=O)O[C@H]1C[C@@]2(O)[C@@H](OC(=O)c3ccccc3)[C@@H]3[C@]4(OC(C)=O)CO[C@@H]4C[C@H](OC)[C@@]3(C)C(=O)[C@H](OC(C)=O)C(=C1C)C2(C)C. The van der Waals surface area contributed by atoms with Crippen molar-refractivity contribution in [2.45, 2.75) is 115 Å². The van der Waals surface area contributed by atoms with Crippen molar-refractivity contribution in [1.82, 2.24) is 5.32 Å². The number of benzene rings is 3. The minimum absolute atomic E-state index is 0.0687. The molecule has 1 saturated heterocycles. The van der Waals surface area contributed by atoms with Gasteiger partial charge in [-0.2, -0.15) is 0 Å². The molecule has 1 heterocycles. The van der Waals surface area contributed by atoms with Crippen molar-refractivity contribution in [3.8, 4) is 0 Å². The Kier molecular flexibility index (Phi) is 13.9. The van der Waals surface area contributed by atoms with Crippen molar-refractivity contribution in [1.29, 1.82) is 0 Å². The topological polar surface area (TPSA) is 191 Å². The van der Waals surface area contributed by atoms with Crippen LogP contribution in [0.5, 0.6) is 0 Å². The molecule has 348 valence electrons. The van der Waals surface area contributed by atoms with E-state index in [9.17, 15) is 24.3 Å². The molecular weight excluding hydrogens is 839 g/mol. The highest BCUT2D eigenvalue weighted by molar-refractivity contribution is 5.95. The van der Waals surface area contributed by atoms with Crippen LogP contribution in [-0.4, -0.2) is 110 Å². The number of likely N-dealkylation sites (N-methyl/N-ethyl adjacent to an activating group) is 1. The Morgan fingerprint density at radius 2 is 1.51 bits per heavy atom. The first-order valence-electron chi connectivity index (χ1n) is 21.9. The smallest absolute Gasteiger partial charge is 0.338 e. The second-order valence-electron chi connectivity index (χ2n) is 18.1. The molecule has 4 aliphatic rings. The van der Waals surface area contributed by atoms with Gasteiger partial charge in [-0.15, -0.1) is 0 Å². The number of hydrogen-bond donors (Lipinski definition) is 2. The Morgan fingerprint density at radius 3 is 2.08 bits per heavy atom. The summed E-state index contributed by atoms with van der Waals surface area (Å²) >= 11 is 0. The highest BCUT2D eigenvalue weighted by Gasteiger charge is 2.78. The molecule has 2 N–H and O–H groups in total. The van der Waals surface area contributed by atoms with Crippen molar-refractivity contribution >= 4 is 29.7 Å². The van der Waals surface area contributed by atoms with Gasteiger partial charge in [-0.25, -0.2) is 9.59 Å². The molecule has 3 aromatic rings. The van der Waals surface area contributed by atoms with Crippen LogP contribution < -0.4 is 5.32 Å². The maximum Gasteiger partial charge on any atom is 0.338 e. The summed E-state index contributed by atoms with van der Waals surface area (Å²) in [6, 6.07) is 26.0. The van der Waals surface area contributed by atoms with Gasteiger partial charge in [0, 0.05) is 39.2 Å². The first-order chi connectivity index (χ1) is 30.9. The van der Waals surface area contributed by atoms with Crippen LogP contribution in [0.2, 0.25) is 0 Å². The third-order valence-electron chi connectivity index (χ3n) is 14.1. The second kappa shape index (κ2) is 18.9. The largest absolute Gasteiger partial charge is 0.456 e. The molecule has 0 amide bonds. The van der Waals surface area contributed by atoms with Gasteiger partial charge in [-0.1, -0.05) is 92.7 Å². The van der Waals surface area contributed by atoms with E-state index in [1.807, 2.05) is 60.7 Å². The lowest BCUT2D eigenvalue weighted by Gasteiger charge is -2.67. The lowest BCUT2D eigenvalue weighted by atomic mass is 9.44. The number of carbonyl (C=O) groups excluding carboxylic acids is 5. The summed E-state index contributed by atoms with van der Waals surface area (Å²) in [5.74, 6) is -5.23. The predicted octanol–water partition coefficient (Wildman–Crippen LogP) is 5.38. The Balaban J connectivity index is 1.38. The molecule has 0 unspecified atom stereocenters. The summed E-state index contributed by atoms with van der Waals surface area (Å²) in [4.78, 5) is 71.5. The van der Waals surface area contributed by atoms with E-state index >= 15 is 4.79 Å². The van der Waals surface area contributed by atoms with Gasteiger partial charge in [0.2, 0.25) is 0 Å². The lowest BCUT2D eigenvalue weighted by molar-refractivity contribution is -0.347. The number of rotatable bonds is 15. The number of ether oxygens (including phenoxy) is 8. The van der Waals surface area contributed by atoms with Gasteiger partial charge < -0.3 is 48.3 Å². The van der Waals surface area contributed by atoms with Crippen LogP contribution in [0.25, 0.3) is 0 Å². The Labute approximate surface area is 379 Å². The van der Waals surface area contributed by atoms with Crippen LogP contribution in [0, 0.1) is 16.7 Å². The molecule has 0 spiro atoms. The van der Waals surface area contributed by atoms with Crippen molar-refractivity contribution < 1.29 is 67.0 Å². The van der Waals surface area contributed by atoms with E-state index in [1.165, 1.54) is 21.0 Å². The number of hydrogen-bond acceptors (Lipinski definition) is 15. The zero-order valence-corrected chi connectivity index (χ0v) is 38.1. The van der Waals surface area contributed by atoms with Crippen molar-refractivity contribution in [2.75, 3.05) is 27.6 Å². The summed E-state index contributed by atoms with van der Waals surface area (Å²) in [5, 5.41) is 17.1. The Bertz CT molecular complexity index is 2270. The molecule has 1 aliphatic heterocycles. The van der Waals surface area contributed by atoms with Crippen LogP contribution in [0.1, 0.15) is 81.9 Å². The number of esters is 4. The Morgan fingerprint density at radius 1 is 0.877 bits per heavy atom. The number of Topliss-reactive ketones (excluding diaryl/α,β-unsaturated/α-hetero) is 1. The van der Waals surface area contributed by atoms with Gasteiger partial charge in [0.15, 0.2) is 23.6 Å². The molecule has 3 aromatic carbocycles. The molecule has 3 fully saturated rings. The molecular formula is C50H59NO14. The van der Waals surface area contributed by atoms with Crippen molar-refractivity contribution in [3.05, 3.63) is 119 Å². The predicted molar refractivity (Wildman–Crippen MR) is 233 cm³/mol. The maximum atomic E-state index is 15.8. The zero-order valence-electron chi connectivity index (χ0n) is 38.1. The van der Waals surface area contributed by atoms with Crippen LogP contribution >= 0.6 is 0 Å². The molecule has 15 nitrogen and oxygen atoms in total. The van der Waals surface area contributed by atoms with E-state index < -0.39 is 107 Å².